The van der Waals surface area contributed by atoms with E-state index in [1.807, 2.05) is 0 Å². The van der Waals surface area contributed by atoms with Crippen molar-refractivity contribution in [2.75, 3.05) is 19.6 Å². The van der Waals surface area contributed by atoms with Gasteiger partial charge in [0.1, 0.15) is 5.82 Å². The normalized spacial score (nSPS) is 15.8. The van der Waals surface area contributed by atoms with Crippen molar-refractivity contribution in [1.29, 1.82) is 0 Å². The molecule has 146 valence electrons. The third-order valence-corrected chi connectivity index (χ3v) is 4.97. The summed E-state index contributed by atoms with van der Waals surface area (Å²) < 4.78 is 18.3. The molecule has 1 amide bonds. The highest BCUT2D eigenvalue weighted by Crippen LogP contribution is 2.21. The maximum absolute atomic E-state index is 13.0. The molecule has 1 aromatic heterocycles. The maximum Gasteiger partial charge on any atom is 0.241 e. The number of hydrogen-bond acceptors (Lipinski definition) is 5. The molecule has 2 heterocycles. The quantitative estimate of drug-likeness (QED) is 0.717. The molecule has 1 fully saturated rings. The van der Waals surface area contributed by atoms with Gasteiger partial charge >= 0.3 is 0 Å². The first-order valence-electron chi connectivity index (χ1n) is 9.74. The van der Waals surface area contributed by atoms with Crippen molar-refractivity contribution in [1.82, 2.24) is 20.4 Å². The number of nitrogens with one attached hydrogen (secondary N) is 1. The molecule has 1 N–H and O–H groups in total. The van der Waals surface area contributed by atoms with Crippen molar-refractivity contribution in [3.05, 3.63) is 36.0 Å². The summed E-state index contributed by atoms with van der Waals surface area (Å²) in [5.41, 5.74) is 0.727. The van der Waals surface area contributed by atoms with E-state index in [1.54, 1.807) is 12.1 Å². The number of unbranched alkanes of at least 4 members (excludes halogenated alkanes) is 2. The SMILES string of the molecule is CCCCCNC(=O)C1CCN(Cc2nc(-c3ccc(F)cc3)no2)CC1. The van der Waals surface area contributed by atoms with Crippen LogP contribution in [0.1, 0.15) is 44.9 Å². The Morgan fingerprint density at radius 1 is 1.26 bits per heavy atom. The minimum absolute atomic E-state index is 0.0975. The van der Waals surface area contributed by atoms with E-state index < -0.39 is 0 Å². The largest absolute Gasteiger partial charge is 0.356 e. The number of halogens is 1. The van der Waals surface area contributed by atoms with E-state index in [0.717, 1.165) is 57.3 Å². The van der Waals surface area contributed by atoms with Gasteiger partial charge in [-0.1, -0.05) is 24.9 Å². The second-order valence-electron chi connectivity index (χ2n) is 7.07. The number of carbonyl (C=O) groups excluding carboxylic acids is 1. The van der Waals surface area contributed by atoms with Gasteiger partial charge in [0.05, 0.1) is 6.54 Å². The predicted octanol–water partition coefficient (Wildman–Crippen LogP) is 3.39. The van der Waals surface area contributed by atoms with Gasteiger partial charge in [-0.2, -0.15) is 4.98 Å². The van der Waals surface area contributed by atoms with Crippen LogP contribution in [0, 0.1) is 11.7 Å². The van der Waals surface area contributed by atoms with E-state index in [4.69, 9.17) is 4.52 Å². The average Bonchev–Trinajstić information content (AvgIpc) is 3.15. The van der Waals surface area contributed by atoms with Gasteiger partial charge < -0.3 is 9.84 Å². The zero-order valence-corrected chi connectivity index (χ0v) is 15.8. The topological polar surface area (TPSA) is 71.3 Å². The fourth-order valence-corrected chi connectivity index (χ4v) is 3.31. The second kappa shape index (κ2) is 9.60. The second-order valence-corrected chi connectivity index (χ2v) is 7.07. The van der Waals surface area contributed by atoms with Crippen LogP contribution in [0.2, 0.25) is 0 Å². The lowest BCUT2D eigenvalue weighted by Crippen LogP contribution is -2.40. The molecule has 1 aliphatic heterocycles. The molecule has 2 aromatic rings. The highest BCUT2D eigenvalue weighted by atomic mass is 19.1. The molecule has 0 atom stereocenters. The number of likely N-dealkylation sites (tertiary alicyclic amines) is 1. The van der Waals surface area contributed by atoms with Gasteiger partial charge in [0.2, 0.25) is 17.6 Å². The molecule has 1 saturated heterocycles. The third kappa shape index (κ3) is 5.60. The van der Waals surface area contributed by atoms with Crippen LogP contribution in [-0.4, -0.2) is 40.6 Å². The van der Waals surface area contributed by atoms with E-state index in [0.29, 0.717) is 18.3 Å². The van der Waals surface area contributed by atoms with Gasteiger partial charge in [0, 0.05) is 18.0 Å². The summed E-state index contributed by atoms with van der Waals surface area (Å²) in [6.07, 6.45) is 5.06. The fourth-order valence-electron chi connectivity index (χ4n) is 3.31. The summed E-state index contributed by atoms with van der Waals surface area (Å²) in [6, 6.07) is 6.02. The number of piperidine rings is 1. The molecule has 7 heteroatoms. The Kier molecular flexibility index (Phi) is 6.92. The molecule has 0 bridgehead atoms. The van der Waals surface area contributed by atoms with Crippen LogP contribution in [0.4, 0.5) is 4.39 Å². The maximum atomic E-state index is 13.0. The molecular formula is C20H27FN4O2. The Balaban J connectivity index is 1.44. The Morgan fingerprint density at radius 2 is 2.00 bits per heavy atom. The van der Waals surface area contributed by atoms with Gasteiger partial charge in [0.15, 0.2) is 0 Å². The summed E-state index contributed by atoms with van der Waals surface area (Å²) in [4.78, 5) is 18.8. The van der Waals surface area contributed by atoms with Crippen molar-refractivity contribution in [3.63, 3.8) is 0 Å². The number of rotatable bonds is 8. The van der Waals surface area contributed by atoms with E-state index >= 15 is 0 Å². The molecule has 0 aliphatic carbocycles. The minimum Gasteiger partial charge on any atom is -0.356 e. The van der Waals surface area contributed by atoms with E-state index in [-0.39, 0.29) is 17.6 Å². The lowest BCUT2D eigenvalue weighted by Gasteiger charge is -2.30. The molecule has 0 unspecified atom stereocenters. The molecule has 1 aliphatic rings. The van der Waals surface area contributed by atoms with E-state index in [2.05, 4.69) is 27.3 Å². The van der Waals surface area contributed by atoms with Crippen LogP contribution in [-0.2, 0) is 11.3 Å². The van der Waals surface area contributed by atoms with Crippen LogP contribution in [0.15, 0.2) is 28.8 Å². The number of hydrogen-bond donors (Lipinski definition) is 1. The van der Waals surface area contributed by atoms with Crippen LogP contribution >= 0.6 is 0 Å². The first-order chi connectivity index (χ1) is 13.2. The van der Waals surface area contributed by atoms with Crippen LogP contribution in [0.25, 0.3) is 11.4 Å². The Bertz CT molecular complexity index is 724. The zero-order valence-electron chi connectivity index (χ0n) is 15.8. The Morgan fingerprint density at radius 3 is 2.70 bits per heavy atom. The number of amides is 1. The standard InChI is InChI=1S/C20H27FN4O2/c1-2-3-4-11-22-20(26)16-9-12-25(13-10-16)14-18-23-19(24-27-18)15-5-7-17(21)8-6-15/h5-8,16H,2-4,9-14H2,1H3,(H,22,26). The van der Waals surface area contributed by atoms with E-state index in [9.17, 15) is 9.18 Å². The summed E-state index contributed by atoms with van der Waals surface area (Å²) in [5.74, 6) is 0.991. The Labute approximate surface area is 159 Å². The molecular weight excluding hydrogens is 347 g/mol. The third-order valence-electron chi connectivity index (χ3n) is 4.97. The average molecular weight is 374 g/mol. The van der Waals surface area contributed by atoms with Gasteiger partial charge in [-0.15, -0.1) is 0 Å². The molecule has 27 heavy (non-hydrogen) atoms. The number of aromatic nitrogens is 2. The van der Waals surface area contributed by atoms with Crippen LogP contribution < -0.4 is 5.32 Å². The highest BCUT2D eigenvalue weighted by molar-refractivity contribution is 5.78. The van der Waals surface area contributed by atoms with Gasteiger partial charge in [-0.3, -0.25) is 9.69 Å². The molecule has 0 saturated carbocycles. The number of benzene rings is 1. The molecule has 3 rings (SSSR count). The highest BCUT2D eigenvalue weighted by Gasteiger charge is 2.25. The zero-order chi connectivity index (χ0) is 19.1. The smallest absolute Gasteiger partial charge is 0.241 e. The molecule has 1 aromatic carbocycles. The van der Waals surface area contributed by atoms with Crippen LogP contribution in [0.3, 0.4) is 0 Å². The summed E-state index contributed by atoms with van der Waals surface area (Å²) in [7, 11) is 0. The van der Waals surface area contributed by atoms with Gasteiger partial charge in [0.25, 0.3) is 0 Å². The minimum atomic E-state index is -0.292. The van der Waals surface area contributed by atoms with Gasteiger partial charge in [-0.25, -0.2) is 4.39 Å². The summed E-state index contributed by atoms with van der Waals surface area (Å²) in [6.45, 7) is 5.17. The molecule has 6 nitrogen and oxygen atoms in total. The lowest BCUT2D eigenvalue weighted by molar-refractivity contribution is -0.126. The van der Waals surface area contributed by atoms with E-state index in [1.165, 1.54) is 12.1 Å². The number of carbonyl (C=O) groups is 1. The lowest BCUT2D eigenvalue weighted by atomic mass is 9.96. The Hall–Kier alpha value is -2.28. The van der Waals surface area contributed by atoms with Crippen LogP contribution in [0.5, 0.6) is 0 Å². The molecule has 0 spiro atoms. The summed E-state index contributed by atoms with van der Waals surface area (Å²) in [5, 5.41) is 7.03. The monoisotopic (exact) mass is 374 g/mol. The van der Waals surface area contributed by atoms with Crippen molar-refractivity contribution in [2.24, 2.45) is 5.92 Å². The van der Waals surface area contributed by atoms with Crippen molar-refractivity contribution in [3.8, 4) is 11.4 Å². The van der Waals surface area contributed by atoms with Crippen molar-refractivity contribution >= 4 is 5.91 Å². The van der Waals surface area contributed by atoms with Crippen molar-refractivity contribution < 1.29 is 13.7 Å². The fraction of sp³-hybridized carbons (Fsp3) is 0.550. The number of nitrogens with zero attached hydrogens (tertiary/aromatic N) is 3. The van der Waals surface area contributed by atoms with Crippen molar-refractivity contribution in [2.45, 2.75) is 45.6 Å². The first-order valence-corrected chi connectivity index (χ1v) is 9.74. The first kappa shape index (κ1) is 19.5. The molecule has 0 radical (unpaired) electrons. The summed E-state index contributed by atoms with van der Waals surface area (Å²) >= 11 is 0. The predicted molar refractivity (Wildman–Crippen MR) is 100 cm³/mol. The van der Waals surface area contributed by atoms with Gasteiger partial charge in [-0.05, 0) is 56.6 Å².